The Morgan fingerprint density at radius 3 is 2.27 bits per heavy atom. The van der Waals surface area contributed by atoms with Crippen molar-refractivity contribution in [2.45, 2.75) is 12.6 Å². The molecule has 1 atom stereocenters. The van der Waals surface area contributed by atoms with Crippen LogP contribution in [0.25, 0.3) is 0 Å². The summed E-state index contributed by atoms with van der Waals surface area (Å²) in [6.45, 7) is -0.530. The molecule has 0 aromatic heterocycles. The van der Waals surface area contributed by atoms with Crippen LogP contribution in [0.15, 0.2) is 24.3 Å². The first-order valence-electron chi connectivity index (χ1n) is 4.45. The van der Waals surface area contributed by atoms with Crippen molar-refractivity contribution in [1.29, 1.82) is 0 Å². The van der Waals surface area contributed by atoms with Gasteiger partial charge in [-0.2, -0.15) is 13.2 Å². The molecular formula is C10H11F4N. The van der Waals surface area contributed by atoms with Crippen molar-refractivity contribution in [3.8, 4) is 0 Å². The summed E-state index contributed by atoms with van der Waals surface area (Å²) in [6, 6.07) is 5.41. The standard InChI is InChI=1S/C10H11F4N/c11-9-4-2-1-3-7(9)5-8(6-15)10(12,13)14/h1-4,8H,5-6,15H2. The lowest BCUT2D eigenvalue weighted by molar-refractivity contribution is -0.171. The van der Waals surface area contributed by atoms with E-state index in [9.17, 15) is 17.6 Å². The number of halogens is 4. The van der Waals surface area contributed by atoms with Crippen molar-refractivity contribution in [3.63, 3.8) is 0 Å². The molecule has 84 valence electrons. The van der Waals surface area contributed by atoms with E-state index in [1.165, 1.54) is 18.2 Å². The fourth-order valence-corrected chi connectivity index (χ4v) is 1.26. The normalized spacial score (nSPS) is 13.9. The van der Waals surface area contributed by atoms with E-state index >= 15 is 0 Å². The summed E-state index contributed by atoms with van der Waals surface area (Å²) in [5.74, 6) is -2.31. The summed E-state index contributed by atoms with van der Waals surface area (Å²) in [5.41, 5.74) is 5.06. The minimum Gasteiger partial charge on any atom is -0.330 e. The SMILES string of the molecule is NCC(Cc1ccccc1F)C(F)(F)F. The van der Waals surface area contributed by atoms with Crippen molar-refractivity contribution < 1.29 is 17.6 Å². The zero-order valence-electron chi connectivity index (χ0n) is 7.89. The molecule has 0 aliphatic heterocycles. The molecule has 1 unspecified atom stereocenters. The fraction of sp³-hybridized carbons (Fsp3) is 0.400. The van der Waals surface area contributed by atoms with Crippen LogP contribution in [-0.2, 0) is 6.42 Å². The Morgan fingerprint density at radius 2 is 1.80 bits per heavy atom. The van der Waals surface area contributed by atoms with E-state index in [4.69, 9.17) is 5.73 Å². The molecule has 0 amide bonds. The predicted molar refractivity (Wildman–Crippen MR) is 48.7 cm³/mol. The second-order valence-electron chi connectivity index (χ2n) is 3.27. The maximum Gasteiger partial charge on any atom is 0.393 e. The highest BCUT2D eigenvalue weighted by Crippen LogP contribution is 2.28. The maximum atomic E-state index is 13.1. The molecule has 15 heavy (non-hydrogen) atoms. The molecule has 1 aromatic carbocycles. The third kappa shape index (κ3) is 3.20. The Kier molecular flexibility index (Phi) is 3.68. The second kappa shape index (κ2) is 4.61. The van der Waals surface area contributed by atoms with Gasteiger partial charge in [0.2, 0.25) is 0 Å². The topological polar surface area (TPSA) is 26.0 Å². The summed E-state index contributed by atoms with van der Waals surface area (Å²) in [6.07, 6.45) is -4.79. The summed E-state index contributed by atoms with van der Waals surface area (Å²) in [5, 5.41) is 0. The highest BCUT2D eigenvalue weighted by molar-refractivity contribution is 5.18. The molecule has 0 aliphatic carbocycles. The number of rotatable bonds is 3. The quantitative estimate of drug-likeness (QED) is 0.780. The summed E-state index contributed by atoms with van der Waals surface area (Å²) < 4.78 is 50.1. The van der Waals surface area contributed by atoms with Gasteiger partial charge in [0.15, 0.2) is 0 Å². The van der Waals surface area contributed by atoms with Gasteiger partial charge < -0.3 is 5.73 Å². The Hall–Kier alpha value is -1.10. The van der Waals surface area contributed by atoms with Crippen LogP contribution in [0.5, 0.6) is 0 Å². The minimum atomic E-state index is -4.38. The van der Waals surface area contributed by atoms with Gasteiger partial charge in [-0.05, 0) is 18.1 Å². The summed E-state index contributed by atoms with van der Waals surface area (Å²) >= 11 is 0. The van der Waals surface area contributed by atoms with E-state index in [0.29, 0.717) is 0 Å². The lowest BCUT2D eigenvalue weighted by Crippen LogP contribution is -2.32. The third-order valence-electron chi connectivity index (χ3n) is 2.17. The minimum absolute atomic E-state index is 0.0466. The van der Waals surface area contributed by atoms with E-state index < -0.39 is 30.9 Å². The molecule has 0 bridgehead atoms. The molecule has 0 radical (unpaired) electrons. The monoisotopic (exact) mass is 221 g/mol. The Morgan fingerprint density at radius 1 is 1.20 bits per heavy atom. The first-order valence-corrected chi connectivity index (χ1v) is 4.45. The van der Waals surface area contributed by atoms with Gasteiger partial charge in [0.05, 0.1) is 5.92 Å². The molecule has 0 aliphatic rings. The lowest BCUT2D eigenvalue weighted by Gasteiger charge is -2.18. The third-order valence-corrected chi connectivity index (χ3v) is 2.17. The van der Waals surface area contributed by atoms with Gasteiger partial charge in [-0.1, -0.05) is 18.2 Å². The smallest absolute Gasteiger partial charge is 0.330 e. The largest absolute Gasteiger partial charge is 0.393 e. The Bertz CT molecular complexity index is 321. The van der Waals surface area contributed by atoms with Crippen molar-refractivity contribution in [3.05, 3.63) is 35.6 Å². The molecule has 1 rings (SSSR count). The molecule has 0 fully saturated rings. The zero-order chi connectivity index (χ0) is 11.5. The average molecular weight is 221 g/mol. The van der Waals surface area contributed by atoms with E-state index in [1.54, 1.807) is 0 Å². The van der Waals surface area contributed by atoms with Gasteiger partial charge in [-0.25, -0.2) is 4.39 Å². The van der Waals surface area contributed by atoms with Crippen LogP contribution in [0.2, 0.25) is 0 Å². The number of hydrogen-bond donors (Lipinski definition) is 1. The summed E-state index contributed by atoms with van der Waals surface area (Å²) in [4.78, 5) is 0. The van der Waals surface area contributed by atoms with Crippen LogP contribution in [0.1, 0.15) is 5.56 Å². The van der Waals surface area contributed by atoms with E-state index in [-0.39, 0.29) is 5.56 Å². The van der Waals surface area contributed by atoms with Gasteiger partial charge in [-0.15, -0.1) is 0 Å². The first kappa shape index (κ1) is 12.0. The van der Waals surface area contributed by atoms with Crippen LogP contribution in [0.4, 0.5) is 17.6 Å². The van der Waals surface area contributed by atoms with Crippen molar-refractivity contribution >= 4 is 0 Å². The lowest BCUT2D eigenvalue weighted by atomic mass is 9.98. The highest BCUT2D eigenvalue weighted by Gasteiger charge is 2.38. The molecule has 1 aromatic rings. The van der Waals surface area contributed by atoms with Gasteiger partial charge in [0, 0.05) is 6.54 Å². The molecule has 5 heteroatoms. The number of hydrogen-bond acceptors (Lipinski definition) is 1. The van der Waals surface area contributed by atoms with E-state index in [1.807, 2.05) is 0 Å². The number of nitrogens with two attached hydrogens (primary N) is 1. The van der Waals surface area contributed by atoms with Crippen LogP contribution < -0.4 is 5.73 Å². The fourth-order valence-electron chi connectivity index (χ4n) is 1.26. The van der Waals surface area contributed by atoms with Crippen molar-refractivity contribution in [1.82, 2.24) is 0 Å². The van der Waals surface area contributed by atoms with Crippen LogP contribution in [0.3, 0.4) is 0 Å². The van der Waals surface area contributed by atoms with Crippen molar-refractivity contribution in [2.75, 3.05) is 6.54 Å². The zero-order valence-corrected chi connectivity index (χ0v) is 7.89. The average Bonchev–Trinajstić information content (AvgIpc) is 2.14. The Labute approximate surface area is 84.9 Å². The molecule has 2 N–H and O–H groups in total. The highest BCUT2D eigenvalue weighted by atomic mass is 19.4. The maximum absolute atomic E-state index is 13.1. The van der Waals surface area contributed by atoms with E-state index in [0.717, 1.165) is 6.07 Å². The second-order valence-corrected chi connectivity index (χ2v) is 3.27. The number of benzene rings is 1. The Balaban J connectivity index is 2.80. The van der Waals surface area contributed by atoms with Gasteiger partial charge in [0.1, 0.15) is 5.82 Å². The predicted octanol–water partition coefficient (Wildman–Crippen LogP) is 2.51. The van der Waals surface area contributed by atoms with Crippen molar-refractivity contribution in [2.24, 2.45) is 11.7 Å². The first-order chi connectivity index (χ1) is 6.95. The van der Waals surface area contributed by atoms with Crippen LogP contribution in [0, 0.1) is 11.7 Å². The molecule has 0 saturated heterocycles. The molecule has 0 spiro atoms. The van der Waals surface area contributed by atoms with Gasteiger partial charge in [0.25, 0.3) is 0 Å². The molecule has 0 saturated carbocycles. The summed E-state index contributed by atoms with van der Waals surface area (Å²) in [7, 11) is 0. The molecule has 1 nitrogen and oxygen atoms in total. The van der Waals surface area contributed by atoms with Crippen LogP contribution >= 0.6 is 0 Å². The molecular weight excluding hydrogens is 210 g/mol. The van der Waals surface area contributed by atoms with Gasteiger partial charge >= 0.3 is 6.18 Å². The van der Waals surface area contributed by atoms with Gasteiger partial charge in [-0.3, -0.25) is 0 Å². The number of alkyl halides is 3. The van der Waals surface area contributed by atoms with E-state index in [2.05, 4.69) is 0 Å². The van der Waals surface area contributed by atoms with Crippen LogP contribution in [-0.4, -0.2) is 12.7 Å². The molecule has 0 heterocycles.